The Labute approximate surface area is 160 Å². The van der Waals surface area contributed by atoms with Gasteiger partial charge in [0.15, 0.2) is 6.61 Å². The highest BCUT2D eigenvalue weighted by Gasteiger charge is 2.11. The molecule has 0 aromatic heterocycles. The largest absolute Gasteiger partial charge is 0.482 e. The molecule has 0 fully saturated rings. The Morgan fingerprint density at radius 3 is 2.20 bits per heavy atom. The second-order valence-electron chi connectivity index (χ2n) is 5.31. The molecule has 1 N–H and O–H groups in total. The fourth-order valence-corrected chi connectivity index (χ4v) is 2.50. The number of amides is 2. The maximum absolute atomic E-state index is 12.0. The molecule has 0 spiro atoms. The van der Waals surface area contributed by atoms with Gasteiger partial charge in [0.1, 0.15) is 5.75 Å². The van der Waals surface area contributed by atoms with Crippen LogP contribution < -0.4 is 10.1 Å². The van der Waals surface area contributed by atoms with E-state index in [1.54, 1.807) is 38.4 Å². The zero-order valence-electron chi connectivity index (χ0n) is 13.5. The molecule has 132 valence electrons. The van der Waals surface area contributed by atoms with Gasteiger partial charge in [-0.15, -0.1) is 0 Å². The molecule has 25 heavy (non-hydrogen) atoms. The first-order valence-electron chi connectivity index (χ1n) is 7.17. The van der Waals surface area contributed by atoms with Crippen LogP contribution in [0.25, 0.3) is 0 Å². The van der Waals surface area contributed by atoms with Gasteiger partial charge in [0.05, 0.1) is 15.1 Å². The van der Waals surface area contributed by atoms with Crippen molar-refractivity contribution in [2.75, 3.05) is 26.0 Å². The van der Waals surface area contributed by atoms with E-state index in [4.69, 9.17) is 39.5 Å². The van der Waals surface area contributed by atoms with Crippen molar-refractivity contribution >= 4 is 52.3 Å². The Bertz CT molecular complexity index is 792. The van der Waals surface area contributed by atoms with Gasteiger partial charge in [-0.25, -0.2) is 0 Å². The quantitative estimate of drug-likeness (QED) is 0.757. The lowest BCUT2D eigenvalue weighted by molar-refractivity contribution is -0.118. The molecule has 0 atom stereocenters. The summed E-state index contributed by atoms with van der Waals surface area (Å²) in [6.45, 7) is -0.254. The number of ether oxygens (including phenoxy) is 1. The van der Waals surface area contributed by atoms with Crippen LogP contribution in [0.3, 0.4) is 0 Å². The predicted molar refractivity (Wildman–Crippen MR) is 100 cm³/mol. The standard InChI is InChI=1S/C17H15Cl3N2O3/c1-22(2)17(24)10-3-5-11(6-4-10)21-16(23)9-25-15-8-13(19)12(18)7-14(15)20/h3-8H,9H2,1-2H3,(H,21,23). The number of halogens is 3. The van der Waals surface area contributed by atoms with Crippen molar-refractivity contribution in [2.45, 2.75) is 0 Å². The number of nitrogens with one attached hydrogen (secondary N) is 1. The molecule has 2 aromatic carbocycles. The number of hydrogen-bond donors (Lipinski definition) is 1. The summed E-state index contributed by atoms with van der Waals surface area (Å²) in [5.74, 6) is -0.234. The summed E-state index contributed by atoms with van der Waals surface area (Å²) in [7, 11) is 3.34. The molecule has 0 heterocycles. The molecule has 0 aliphatic carbocycles. The number of nitrogens with zero attached hydrogens (tertiary/aromatic N) is 1. The summed E-state index contributed by atoms with van der Waals surface area (Å²) in [5.41, 5.74) is 1.07. The van der Waals surface area contributed by atoms with Crippen molar-refractivity contribution in [3.05, 3.63) is 57.0 Å². The molecule has 8 heteroatoms. The first kappa shape index (κ1) is 19.4. The smallest absolute Gasteiger partial charge is 0.262 e. The summed E-state index contributed by atoms with van der Waals surface area (Å²) >= 11 is 17.7. The molecule has 0 saturated carbocycles. The van der Waals surface area contributed by atoms with Gasteiger partial charge in [0.25, 0.3) is 11.8 Å². The van der Waals surface area contributed by atoms with Gasteiger partial charge in [-0.05, 0) is 30.3 Å². The number of hydrogen-bond acceptors (Lipinski definition) is 3. The van der Waals surface area contributed by atoms with Crippen molar-refractivity contribution in [3.63, 3.8) is 0 Å². The van der Waals surface area contributed by atoms with E-state index >= 15 is 0 Å². The molecule has 0 aliphatic heterocycles. The molecular formula is C17H15Cl3N2O3. The highest BCUT2D eigenvalue weighted by Crippen LogP contribution is 2.33. The van der Waals surface area contributed by atoms with E-state index in [1.807, 2.05) is 0 Å². The molecule has 2 aromatic rings. The summed E-state index contributed by atoms with van der Waals surface area (Å²) in [5, 5.41) is 3.50. The maximum Gasteiger partial charge on any atom is 0.262 e. The van der Waals surface area contributed by atoms with E-state index in [2.05, 4.69) is 5.32 Å². The zero-order valence-corrected chi connectivity index (χ0v) is 15.7. The van der Waals surface area contributed by atoms with Gasteiger partial charge >= 0.3 is 0 Å². The first-order chi connectivity index (χ1) is 11.8. The molecule has 0 unspecified atom stereocenters. The number of carbonyl (C=O) groups excluding carboxylic acids is 2. The van der Waals surface area contributed by atoms with Crippen molar-refractivity contribution in [1.82, 2.24) is 4.90 Å². The molecule has 0 aliphatic rings. The fourth-order valence-electron chi connectivity index (χ4n) is 1.91. The Morgan fingerprint density at radius 1 is 1.00 bits per heavy atom. The Balaban J connectivity index is 1.94. The van der Waals surface area contributed by atoms with Crippen LogP contribution in [0.2, 0.25) is 15.1 Å². The maximum atomic E-state index is 12.0. The minimum atomic E-state index is -0.381. The number of carbonyl (C=O) groups is 2. The highest BCUT2D eigenvalue weighted by atomic mass is 35.5. The average molecular weight is 402 g/mol. The van der Waals surface area contributed by atoms with Gasteiger partial charge in [-0.3, -0.25) is 9.59 Å². The SMILES string of the molecule is CN(C)C(=O)c1ccc(NC(=O)COc2cc(Cl)c(Cl)cc2Cl)cc1. The summed E-state index contributed by atoms with van der Waals surface area (Å²) in [6, 6.07) is 9.44. The lowest BCUT2D eigenvalue weighted by Crippen LogP contribution is -2.22. The second-order valence-corrected chi connectivity index (χ2v) is 6.53. The summed E-state index contributed by atoms with van der Waals surface area (Å²) in [4.78, 5) is 25.2. The Morgan fingerprint density at radius 2 is 1.60 bits per heavy atom. The van der Waals surface area contributed by atoms with E-state index < -0.39 is 0 Å². The van der Waals surface area contributed by atoms with Gasteiger partial charge in [0.2, 0.25) is 0 Å². The topological polar surface area (TPSA) is 58.6 Å². The van der Waals surface area contributed by atoms with Crippen LogP contribution in [0.15, 0.2) is 36.4 Å². The van der Waals surface area contributed by atoms with Crippen molar-refractivity contribution in [2.24, 2.45) is 0 Å². The third-order valence-electron chi connectivity index (χ3n) is 3.16. The number of anilines is 1. The van der Waals surface area contributed by atoms with E-state index in [0.717, 1.165) is 0 Å². The molecule has 2 rings (SSSR count). The first-order valence-corrected chi connectivity index (χ1v) is 8.30. The number of benzene rings is 2. The van der Waals surface area contributed by atoms with Crippen molar-refractivity contribution in [3.8, 4) is 5.75 Å². The lowest BCUT2D eigenvalue weighted by atomic mass is 10.2. The van der Waals surface area contributed by atoms with E-state index in [0.29, 0.717) is 16.3 Å². The monoisotopic (exact) mass is 400 g/mol. The van der Waals surface area contributed by atoms with Crippen LogP contribution in [0.4, 0.5) is 5.69 Å². The molecule has 5 nitrogen and oxygen atoms in total. The summed E-state index contributed by atoms with van der Waals surface area (Å²) in [6.07, 6.45) is 0. The molecule has 2 amide bonds. The van der Waals surface area contributed by atoms with Crippen LogP contribution in [0.1, 0.15) is 10.4 Å². The van der Waals surface area contributed by atoms with Gasteiger partial charge in [-0.2, -0.15) is 0 Å². The van der Waals surface area contributed by atoms with Crippen molar-refractivity contribution in [1.29, 1.82) is 0 Å². The van der Waals surface area contributed by atoms with Gasteiger partial charge < -0.3 is 15.0 Å². The van der Waals surface area contributed by atoms with E-state index in [9.17, 15) is 9.59 Å². The van der Waals surface area contributed by atoms with E-state index in [1.165, 1.54) is 17.0 Å². The van der Waals surface area contributed by atoms with Crippen LogP contribution in [-0.2, 0) is 4.79 Å². The van der Waals surface area contributed by atoms with Crippen LogP contribution in [0, 0.1) is 0 Å². The Hall–Kier alpha value is -1.95. The summed E-state index contributed by atoms with van der Waals surface area (Å²) < 4.78 is 5.35. The minimum Gasteiger partial charge on any atom is -0.482 e. The highest BCUT2D eigenvalue weighted by molar-refractivity contribution is 6.43. The third-order valence-corrected chi connectivity index (χ3v) is 4.17. The second kappa shape index (κ2) is 8.43. The number of rotatable bonds is 5. The van der Waals surface area contributed by atoms with Crippen LogP contribution in [0.5, 0.6) is 5.75 Å². The van der Waals surface area contributed by atoms with Crippen molar-refractivity contribution < 1.29 is 14.3 Å². The molecule has 0 saturated heterocycles. The zero-order chi connectivity index (χ0) is 18.6. The van der Waals surface area contributed by atoms with Gasteiger partial charge in [-0.1, -0.05) is 34.8 Å². The molecule has 0 radical (unpaired) electrons. The van der Waals surface area contributed by atoms with E-state index in [-0.39, 0.29) is 34.2 Å². The minimum absolute atomic E-state index is 0.115. The average Bonchev–Trinajstić information content (AvgIpc) is 2.57. The third kappa shape index (κ3) is 5.26. The lowest BCUT2D eigenvalue weighted by Gasteiger charge is -2.12. The molecule has 0 bridgehead atoms. The normalized spacial score (nSPS) is 10.3. The van der Waals surface area contributed by atoms with Crippen LogP contribution in [-0.4, -0.2) is 37.4 Å². The van der Waals surface area contributed by atoms with Gasteiger partial charge in [0, 0.05) is 31.4 Å². The van der Waals surface area contributed by atoms with Crippen LogP contribution >= 0.6 is 34.8 Å². The fraction of sp³-hybridized carbons (Fsp3) is 0.176. The molecular weight excluding hydrogens is 387 g/mol. The Kier molecular flexibility index (Phi) is 6.53. The predicted octanol–water partition coefficient (Wildman–Crippen LogP) is 4.37.